The van der Waals surface area contributed by atoms with E-state index in [9.17, 15) is 20.2 Å². The Hall–Kier alpha value is -4.94. The minimum atomic E-state index is -0.456. The maximum absolute atomic E-state index is 10.8. The van der Waals surface area contributed by atoms with Gasteiger partial charge in [0.2, 0.25) is 0 Å². The van der Waals surface area contributed by atoms with Crippen LogP contribution in [0, 0.1) is 20.2 Å². The number of rotatable bonds is 7. The quantitative estimate of drug-likeness (QED) is 0.112. The van der Waals surface area contributed by atoms with Crippen molar-refractivity contribution in [1.82, 2.24) is 0 Å². The molecule has 0 unspecified atom stereocenters. The molecule has 4 aromatic carbocycles. The Balaban J connectivity index is 1.30. The SMILES string of the molecule is O=[N+]([O-])c1ccc(NC(=S)Nc2ccc(-c3ccc(NC(=S)Nc4ccc([N+](=O)[O-])cc4)cc3)cc2)cc1. The normalized spacial score (nSPS) is 10.2. The minimum absolute atomic E-state index is 0.00968. The fourth-order valence-electron chi connectivity index (χ4n) is 3.41. The summed E-state index contributed by atoms with van der Waals surface area (Å²) in [6.07, 6.45) is 0. The first kappa shape index (κ1) is 26.1. The highest BCUT2D eigenvalue weighted by Gasteiger charge is 2.07. The summed E-state index contributed by atoms with van der Waals surface area (Å²) >= 11 is 10.7. The van der Waals surface area contributed by atoms with Crippen LogP contribution in [0.25, 0.3) is 11.1 Å². The van der Waals surface area contributed by atoms with Crippen LogP contribution in [0.15, 0.2) is 97.1 Å². The fourth-order valence-corrected chi connectivity index (χ4v) is 3.88. The number of hydrogen-bond acceptors (Lipinski definition) is 6. The summed E-state index contributed by atoms with van der Waals surface area (Å²) in [7, 11) is 0. The average Bonchev–Trinajstić information content (AvgIpc) is 2.90. The number of nitro groups is 2. The molecule has 4 N–H and O–H groups in total. The molecule has 0 aliphatic rings. The average molecular weight is 545 g/mol. The summed E-state index contributed by atoms with van der Waals surface area (Å²) in [5.74, 6) is 0. The van der Waals surface area contributed by atoms with E-state index < -0.39 is 9.85 Å². The second-order valence-electron chi connectivity index (χ2n) is 7.92. The number of thiocarbonyl (C=S) groups is 2. The van der Waals surface area contributed by atoms with Gasteiger partial charge in [0.15, 0.2) is 10.2 Å². The molecule has 4 rings (SSSR count). The van der Waals surface area contributed by atoms with Gasteiger partial charge in [-0.3, -0.25) is 20.2 Å². The second-order valence-corrected chi connectivity index (χ2v) is 8.74. The van der Waals surface area contributed by atoms with Gasteiger partial charge in [0.1, 0.15) is 0 Å². The molecule has 0 saturated heterocycles. The molecule has 0 spiro atoms. The van der Waals surface area contributed by atoms with E-state index in [0.717, 1.165) is 22.5 Å². The molecular weight excluding hydrogens is 524 g/mol. The Morgan fingerprint density at radius 3 is 0.947 bits per heavy atom. The van der Waals surface area contributed by atoms with Crippen molar-refractivity contribution in [3.63, 3.8) is 0 Å². The van der Waals surface area contributed by atoms with Crippen molar-refractivity contribution in [2.45, 2.75) is 0 Å². The third kappa shape index (κ3) is 7.06. The molecule has 12 heteroatoms. The van der Waals surface area contributed by atoms with Gasteiger partial charge >= 0.3 is 0 Å². The number of benzene rings is 4. The van der Waals surface area contributed by atoms with Crippen molar-refractivity contribution in [3.8, 4) is 11.1 Å². The molecule has 0 fully saturated rings. The van der Waals surface area contributed by atoms with Gasteiger partial charge in [-0.05, 0) is 84.1 Å². The van der Waals surface area contributed by atoms with Crippen LogP contribution in [-0.2, 0) is 0 Å². The second kappa shape index (κ2) is 11.9. The molecular formula is C26H20N6O4S2. The molecule has 0 aromatic heterocycles. The predicted molar refractivity (Wildman–Crippen MR) is 158 cm³/mol. The van der Waals surface area contributed by atoms with Gasteiger partial charge in [-0.2, -0.15) is 0 Å². The van der Waals surface area contributed by atoms with Crippen molar-refractivity contribution < 1.29 is 9.85 Å². The Labute approximate surface area is 228 Å². The van der Waals surface area contributed by atoms with Crippen molar-refractivity contribution in [3.05, 3.63) is 117 Å². The lowest BCUT2D eigenvalue weighted by molar-refractivity contribution is -0.385. The third-order valence-corrected chi connectivity index (χ3v) is 5.70. The maximum Gasteiger partial charge on any atom is 0.269 e. The van der Waals surface area contributed by atoms with Gasteiger partial charge in [-0.25, -0.2) is 0 Å². The standard InChI is InChI=1S/C26H20N6O4S2/c33-31(34)23-13-9-21(10-14-23)29-25(37)27-19-5-1-17(2-6-19)18-3-7-20(8-4-18)28-26(38)30-22-11-15-24(16-12-22)32(35)36/h1-16H,(H2,27,29,37)(H2,28,30,38). The highest BCUT2D eigenvalue weighted by molar-refractivity contribution is 7.81. The molecule has 0 atom stereocenters. The molecule has 0 radical (unpaired) electrons. The summed E-state index contributed by atoms with van der Waals surface area (Å²) in [4.78, 5) is 20.6. The van der Waals surface area contributed by atoms with E-state index in [1.54, 1.807) is 24.3 Å². The van der Waals surface area contributed by atoms with Gasteiger partial charge in [0.25, 0.3) is 11.4 Å². The Bertz CT molecular complexity index is 1360. The fraction of sp³-hybridized carbons (Fsp3) is 0. The molecule has 10 nitrogen and oxygen atoms in total. The number of nitrogens with zero attached hydrogens (tertiary/aromatic N) is 2. The largest absolute Gasteiger partial charge is 0.332 e. The molecule has 4 aromatic rings. The van der Waals surface area contributed by atoms with Crippen LogP contribution in [0.5, 0.6) is 0 Å². The van der Waals surface area contributed by atoms with Crippen LogP contribution in [0.1, 0.15) is 0 Å². The molecule has 0 heterocycles. The molecule has 0 saturated carbocycles. The zero-order valence-corrected chi connectivity index (χ0v) is 21.2. The highest BCUT2D eigenvalue weighted by Crippen LogP contribution is 2.24. The minimum Gasteiger partial charge on any atom is -0.332 e. The van der Waals surface area contributed by atoms with E-state index in [1.165, 1.54) is 24.3 Å². The van der Waals surface area contributed by atoms with Crippen molar-refractivity contribution in [2.24, 2.45) is 0 Å². The van der Waals surface area contributed by atoms with E-state index in [1.807, 2.05) is 48.5 Å². The van der Waals surface area contributed by atoms with E-state index in [2.05, 4.69) is 21.3 Å². The summed E-state index contributed by atoms with van der Waals surface area (Å²) in [6, 6.07) is 27.4. The first-order valence-electron chi connectivity index (χ1n) is 11.1. The summed E-state index contributed by atoms with van der Waals surface area (Å²) in [6.45, 7) is 0. The van der Waals surface area contributed by atoms with Crippen LogP contribution < -0.4 is 21.3 Å². The van der Waals surface area contributed by atoms with E-state index >= 15 is 0 Å². The Morgan fingerprint density at radius 1 is 0.474 bits per heavy atom. The number of non-ortho nitro benzene ring substituents is 2. The molecule has 38 heavy (non-hydrogen) atoms. The maximum atomic E-state index is 10.8. The number of nitrogens with one attached hydrogen (secondary N) is 4. The van der Waals surface area contributed by atoms with Crippen LogP contribution >= 0.6 is 24.4 Å². The summed E-state index contributed by atoms with van der Waals surface area (Å²) in [5, 5.41) is 34.4. The third-order valence-electron chi connectivity index (χ3n) is 5.29. The lowest BCUT2D eigenvalue weighted by atomic mass is 10.1. The smallest absolute Gasteiger partial charge is 0.269 e. The zero-order valence-electron chi connectivity index (χ0n) is 19.6. The van der Waals surface area contributed by atoms with Crippen LogP contribution in [-0.4, -0.2) is 20.1 Å². The first-order valence-corrected chi connectivity index (χ1v) is 11.9. The van der Waals surface area contributed by atoms with Gasteiger partial charge < -0.3 is 21.3 Å². The number of hydrogen-bond donors (Lipinski definition) is 4. The van der Waals surface area contributed by atoms with Gasteiger partial charge in [-0.1, -0.05) is 24.3 Å². The molecule has 0 bridgehead atoms. The lowest BCUT2D eigenvalue weighted by Crippen LogP contribution is -2.19. The predicted octanol–water partition coefficient (Wildman–Crippen LogP) is 6.79. The van der Waals surface area contributed by atoms with Crippen molar-refractivity contribution in [1.29, 1.82) is 0 Å². The van der Waals surface area contributed by atoms with Gasteiger partial charge in [0, 0.05) is 47.0 Å². The first-order chi connectivity index (χ1) is 18.3. The van der Waals surface area contributed by atoms with Crippen molar-refractivity contribution in [2.75, 3.05) is 21.3 Å². The lowest BCUT2D eigenvalue weighted by Gasteiger charge is -2.12. The summed E-state index contributed by atoms with van der Waals surface area (Å²) in [5.41, 5.74) is 4.88. The molecule has 190 valence electrons. The van der Waals surface area contributed by atoms with Crippen LogP contribution in [0.2, 0.25) is 0 Å². The number of anilines is 4. The van der Waals surface area contributed by atoms with Crippen LogP contribution in [0.3, 0.4) is 0 Å². The van der Waals surface area contributed by atoms with E-state index in [-0.39, 0.29) is 11.4 Å². The van der Waals surface area contributed by atoms with E-state index in [0.29, 0.717) is 21.6 Å². The Morgan fingerprint density at radius 2 is 0.711 bits per heavy atom. The number of nitro benzene ring substituents is 2. The van der Waals surface area contributed by atoms with Crippen LogP contribution in [0.4, 0.5) is 34.1 Å². The van der Waals surface area contributed by atoms with Gasteiger partial charge in [-0.15, -0.1) is 0 Å². The monoisotopic (exact) mass is 544 g/mol. The Kier molecular flexibility index (Phi) is 8.16. The van der Waals surface area contributed by atoms with Crippen molar-refractivity contribution >= 4 is 68.8 Å². The molecule has 0 amide bonds. The van der Waals surface area contributed by atoms with Gasteiger partial charge in [0.05, 0.1) is 9.85 Å². The zero-order chi connectivity index (χ0) is 27.1. The molecule has 0 aliphatic carbocycles. The summed E-state index contributed by atoms with van der Waals surface area (Å²) < 4.78 is 0. The topological polar surface area (TPSA) is 134 Å². The molecule has 0 aliphatic heterocycles. The highest BCUT2D eigenvalue weighted by atomic mass is 32.1. The van der Waals surface area contributed by atoms with E-state index in [4.69, 9.17) is 24.4 Å².